The molecule has 2 rings (SSSR count). The van der Waals surface area contributed by atoms with Gasteiger partial charge in [-0.15, -0.1) is 0 Å². The first-order chi connectivity index (χ1) is 7.79. The van der Waals surface area contributed by atoms with Gasteiger partial charge in [-0.25, -0.2) is 0 Å². The monoisotopic (exact) mass is 223 g/mol. The number of ether oxygens (including phenoxy) is 1. The van der Waals surface area contributed by atoms with E-state index in [9.17, 15) is 0 Å². The fraction of sp³-hybridized carbons (Fsp3) is 1.00. The summed E-state index contributed by atoms with van der Waals surface area (Å²) >= 11 is 0. The van der Waals surface area contributed by atoms with Crippen LogP contribution in [0.5, 0.6) is 0 Å². The Hall–Kier alpha value is -0.0151. The highest BCUT2D eigenvalue weighted by Crippen LogP contribution is 2.25. The first-order valence-electron chi connectivity index (χ1n) is 7.19. The summed E-state index contributed by atoms with van der Waals surface area (Å²) in [6.45, 7) is 4.60. The minimum Gasteiger partial charge on any atom is -0.381 e. The van der Waals surface area contributed by atoms with Crippen molar-refractivity contribution in [2.45, 2.75) is 70.0 Å². The van der Waals surface area contributed by atoms with E-state index in [1.54, 1.807) is 0 Å². The molecule has 1 saturated carbocycles. The highest BCUT2D eigenvalue weighted by molar-refractivity contribution is 6.11. The van der Waals surface area contributed by atoms with E-state index in [0.717, 1.165) is 12.6 Å². The van der Waals surface area contributed by atoms with Gasteiger partial charge in [0.05, 0.1) is 6.10 Å². The van der Waals surface area contributed by atoms with Crippen LogP contribution in [0.3, 0.4) is 0 Å². The molecule has 2 atom stereocenters. The van der Waals surface area contributed by atoms with Crippen molar-refractivity contribution < 1.29 is 4.74 Å². The molecule has 1 aliphatic heterocycles. The Morgan fingerprint density at radius 2 is 1.94 bits per heavy atom. The molecular formula is C13H26BNO. The molecular weight excluding hydrogens is 197 g/mol. The number of morpholine rings is 1. The van der Waals surface area contributed by atoms with Gasteiger partial charge in [0.25, 0.3) is 0 Å². The Morgan fingerprint density at radius 1 is 1.19 bits per heavy atom. The molecule has 2 nitrogen and oxygen atoms in total. The van der Waals surface area contributed by atoms with Crippen LogP contribution in [0.15, 0.2) is 0 Å². The number of hydrogen-bond acceptors (Lipinski definition) is 2. The predicted octanol–water partition coefficient (Wildman–Crippen LogP) is 1.78. The van der Waals surface area contributed by atoms with Crippen molar-refractivity contribution in [3.8, 4) is 0 Å². The van der Waals surface area contributed by atoms with E-state index in [1.165, 1.54) is 51.5 Å². The average Bonchev–Trinajstić information content (AvgIpc) is 2.30. The first-order valence-corrected chi connectivity index (χ1v) is 7.19. The van der Waals surface area contributed by atoms with Crippen molar-refractivity contribution in [2.24, 2.45) is 0 Å². The van der Waals surface area contributed by atoms with Crippen LogP contribution < -0.4 is 0 Å². The van der Waals surface area contributed by atoms with E-state index in [4.69, 9.17) is 4.74 Å². The molecule has 0 radical (unpaired) electrons. The van der Waals surface area contributed by atoms with Crippen molar-refractivity contribution in [3.63, 3.8) is 0 Å². The molecule has 2 fully saturated rings. The fourth-order valence-electron chi connectivity index (χ4n) is 3.31. The molecule has 2 aliphatic rings. The van der Waals surface area contributed by atoms with E-state index in [0.29, 0.717) is 12.1 Å². The third kappa shape index (κ3) is 3.24. The number of rotatable bonds is 3. The lowest BCUT2D eigenvalue weighted by molar-refractivity contribution is -0.0701. The lowest BCUT2D eigenvalue weighted by atomic mass is 9.90. The van der Waals surface area contributed by atoms with E-state index in [-0.39, 0.29) is 0 Å². The third-order valence-corrected chi connectivity index (χ3v) is 4.06. The smallest absolute Gasteiger partial charge is 0.140 e. The minimum atomic E-state index is 0.437. The first kappa shape index (κ1) is 12.4. The molecule has 1 heterocycles. The van der Waals surface area contributed by atoms with Crippen molar-refractivity contribution in [2.75, 3.05) is 13.1 Å². The van der Waals surface area contributed by atoms with Crippen LogP contribution in [0.25, 0.3) is 0 Å². The molecule has 16 heavy (non-hydrogen) atoms. The second-order valence-corrected chi connectivity index (χ2v) is 5.60. The minimum absolute atomic E-state index is 0.437. The molecule has 0 unspecified atom stereocenters. The molecule has 0 bridgehead atoms. The summed E-state index contributed by atoms with van der Waals surface area (Å²) in [5.74, 6) is 0. The summed E-state index contributed by atoms with van der Waals surface area (Å²) in [5.41, 5.74) is 0. The molecule has 0 aromatic rings. The maximum atomic E-state index is 6.01. The normalized spacial score (nSPS) is 34.1. The number of hydrogen-bond donors (Lipinski definition) is 0. The highest BCUT2D eigenvalue weighted by atomic mass is 16.5. The summed E-state index contributed by atoms with van der Waals surface area (Å²) in [6, 6.07) is 1.30. The molecule has 0 aromatic heterocycles. The number of nitrogens with zero attached hydrogens (tertiary/aromatic N) is 1. The molecule has 0 N–H and O–H groups in total. The Balaban J connectivity index is 1.87. The van der Waals surface area contributed by atoms with Crippen molar-refractivity contribution >= 4 is 7.85 Å². The van der Waals surface area contributed by atoms with Gasteiger partial charge < -0.3 is 4.74 Å². The van der Waals surface area contributed by atoms with Gasteiger partial charge in [0.1, 0.15) is 7.85 Å². The largest absolute Gasteiger partial charge is 0.381 e. The fourth-order valence-corrected chi connectivity index (χ4v) is 3.31. The van der Waals surface area contributed by atoms with Gasteiger partial charge in [0.15, 0.2) is 0 Å². The lowest BCUT2D eigenvalue weighted by Crippen LogP contribution is -2.52. The van der Waals surface area contributed by atoms with Gasteiger partial charge in [-0.2, -0.15) is 0 Å². The van der Waals surface area contributed by atoms with Crippen LogP contribution in [0.2, 0.25) is 0 Å². The van der Waals surface area contributed by atoms with Gasteiger partial charge in [0.2, 0.25) is 0 Å². The van der Waals surface area contributed by atoms with Crippen molar-refractivity contribution in [1.29, 1.82) is 0 Å². The summed E-state index contributed by atoms with van der Waals surface area (Å²) in [4.78, 5) is 2.72. The maximum Gasteiger partial charge on any atom is 0.140 e. The standard InChI is InChI=1S/C13H26BNO/c1-2-6-12-9-15(10-13(14)16-12)11-7-4-3-5-8-11/h11-13H,2-10,14H2,1H3/t12-,13-/m1/s1. The topological polar surface area (TPSA) is 12.5 Å². The maximum absolute atomic E-state index is 6.01. The van der Waals surface area contributed by atoms with E-state index in [1.807, 2.05) is 0 Å². The van der Waals surface area contributed by atoms with Gasteiger partial charge in [0, 0.05) is 25.1 Å². The van der Waals surface area contributed by atoms with Crippen LogP contribution in [-0.2, 0) is 4.74 Å². The van der Waals surface area contributed by atoms with Gasteiger partial charge in [-0.05, 0) is 19.3 Å². The highest BCUT2D eigenvalue weighted by Gasteiger charge is 2.29. The average molecular weight is 223 g/mol. The summed E-state index contributed by atoms with van der Waals surface area (Å²) in [6.07, 6.45) is 10.1. The molecule has 1 saturated heterocycles. The molecule has 0 amide bonds. The Labute approximate surface area is 101 Å². The quantitative estimate of drug-likeness (QED) is 0.676. The molecule has 1 aliphatic carbocycles. The second-order valence-electron chi connectivity index (χ2n) is 5.60. The van der Waals surface area contributed by atoms with Crippen molar-refractivity contribution in [1.82, 2.24) is 4.90 Å². The zero-order valence-electron chi connectivity index (χ0n) is 11.0. The summed E-state index contributed by atoms with van der Waals surface area (Å²) in [7, 11) is 2.23. The van der Waals surface area contributed by atoms with Crippen LogP contribution in [0.1, 0.15) is 51.9 Å². The SMILES string of the molecule is B[C@H]1CN(C2CCCCC2)C[C@@H](CCC)O1. The molecule has 3 heteroatoms. The summed E-state index contributed by atoms with van der Waals surface area (Å²) in [5, 5.41) is 0. The van der Waals surface area contributed by atoms with Gasteiger partial charge in [-0.3, -0.25) is 4.90 Å². The Morgan fingerprint density at radius 3 is 2.62 bits per heavy atom. The van der Waals surface area contributed by atoms with Crippen LogP contribution in [0.4, 0.5) is 0 Å². The van der Waals surface area contributed by atoms with Crippen LogP contribution >= 0.6 is 0 Å². The molecule has 0 spiro atoms. The summed E-state index contributed by atoms with van der Waals surface area (Å²) < 4.78 is 6.01. The van der Waals surface area contributed by atoms with E-state index in [2.05, 4.69) is 19.7 Å². The van der Waals surface area contributed by atoms with E-state index >= 15 is 0 Å². The zero-order chi connectivity index (χ0) is 11.4. The van der Waals surface area contributed by atoms with Crippen molar-refractivity contribution in [3.05, 3.63) is 0 Å². The third-order valence-electron chi connectivity index (χ3n) is 4.06. The molecule has 0 aromatic carbocycles. The van der Waals surface area contributed by atoms with Gasteiger partial charge >= 0.3 is 0 Å². The van der Waals surface area contributed by atoms with Crippen LogP contribution in [-0.4, -0.2) is 44.0 Å². The van der Waals surface area contributed by atoms with Crippen LogP contribution in [0, 0.1) is 0 Å². The Bertz CT molecular complexity index is 206. The lowest BCUT2D eigenvalue weighted by Gasteiger charge is -2.42. The predicted molar refractivity (Wildman–Crippen MR) is 70.6 cm³/mol. The Kier molecular flexibility index (Phi) is 4.72. The van der Waals surface area contributed by atoms with Gasteiger partial charge in [-0.1, -0.05) is 32.6 Å². The molecule has 92 valence electrons. The van der Waals surface area contributed by atoms with E-state index < -0.39 is 0 Å². The zero-order valence-corrected chi connectivity index (χ0v) is 11.0. The second kappa shape index (κ2) is 6.06.